The molecule has 0 bridgehead atoms. The normalized spacial score (nSPS) is 19.1. The van der Waals surface area contributed by atoms with Crippen LogP contribution in [0.5, 0.6) is 0 Å². The van der Waals surface area contributed by atoms with Gasteiger partial charge in [0.25, 0.3) is 0 Å². The summed E-state index contributed by atoms with van der Waals surface area (Å²) in [5, 5.41) is 19.1. The number of nitriles is 1. The van der Waals surface area contributed by atoms with E-state index in [1.54, 1.807) is 13.0 Å². The van der Waals surface area contributed by atoms with E-state index in [2.05, 4.69) is 29.7 Å². The van der Waals surface area contributed by atoms with Gasteiger partial charge in [0.1, 0.15) is 0 Å². The zero-order valence-corrected chi connectivity index (χ0v) is 13.2. The van der Waals surface area contributed by atoms with E-state index in [1.807, 2.05) is 12.1 Å². The molecule has 1 aliphatic rings. The first kappa shape index (κ1) is 15.8. The molecule has 4 nitrogen and oxygen atoms in total. The van der Waals surface area contributed by atoms with Crippen LogP contribution >= 0.6 is 0 Å². The van der Waals surface area contributed by atoms with Crippen LogP contribution in [-0.2, 0) is 0 Å². The second-order valence-corrected chi connectivity index (χ2v) is 5.84. The average Bonchev–Trinajstić information content (AvgIpc) is 2.53. The molecule has 0 radical (unpaired) electrons. The molecule has 1 aliphatic heterocycles. The fraction of sp³-hybridized carbons (Fsp3) is 0.588. The molecule has 0 spiro atoms. The zero-order chi connectivity index (χ0) is 15.4. The Morgan fingerprint density at radius 1 is 1.24 bits per heavy atom. The van der Waals surface area contributed by atoms with Gasteiger partial charge in [-0.3, -0.25) is 4.90 Å². The van der Waals surface area contributed by atoms with Gasteiger partial charge in [0.05, 0.1) is 17.7 Å². The largest absolute Gasteiger partial charge is 0.389 e. The Hall–Kier alpha value is -1.57. The number of benzene rings is 1. The van der Waals surface area contributed by atoms with Crippen molar-refractivity contribution in [3.05, 3.63) is 29.3 Å². The summed E-state index contributed by atoms with van der Waals surface area (Å²) >= 11 is 0. The quantitative estimate of drug-likeness (QED) is 0.924. The lowest BCUT2D eigenvalue weighted by atomic mass is 10.0. The molecule has 2 rings (SSSR count). The van der Waals surface area contributed by atoms with Gasteiger partial charge in [-0.15, -0.1) is 0 Å². The molecule has 0 saturated carbocycles. The molecule has 1 unspecified atom stereocenters. The van der Waals surface area contributed by atoms with Crippen LogP contribution in [0.2, 0.25) is 0 Å². The molecule has 1 N–H and O–H groups in total. The van der Waals surface area contributed by atoms with Gasteiger partial charge < -0.3 is 10.0 Å². The van der Waals surface area contributed by atoms with Crippen molar-refractivity contribution in [1.29, 1.82) is 5.26 Å². The summed E-state index contributed by atoms with van der Waals surface area (Å²) < 4.78 is 0. The molecule has 1 aromatic carbocycles. The highest BCUT2D eigenvalue weighted by Gasteiger charge is 2.22. The third-order valence-corrected chi connectivity index (χ3v) is 4.48. The van der Waals surface area contributed by atoms with Crippen molar-refractivity contribution >= 4 is 5.69 Å². The minimum atomic E-state index is -0.514. The molecule has 21 heavy (non-hydrogen) atoms. The summed E-state index contributed by atoms with van der Waals surface area (Å²) in [6, 6.07) is 8.37. The van der Waals surface area contributed by atoms with Gasteiger partial charge in [0.15, 0.2) is 0 Å². The van der Waals surface area contributed by atoms with Crippen LogP contribution in [0.4, 0.5) is 5.69 Å². The van der Waals surface area contributed by atoms with Crippen molar-refractivity contribution in [3.63, 3.8) is 0 Å². The van der Waals surface area contributed by atoms with E-state index in [0.29, 0.717) is 11.6 Å². The fourth-order valence-corrected chi connectivity index (χ4v) is 2.90. The van der Waals surface area contributed by atoms with Crippen LogP contribution in [0, 0.1) is 11.3 Å². The number of piperazine rings is 1. The molecule has 0 amide bonds. The molecule has 0 aromatic heterocycles. The second-order valence-electron chi connectivity index (χ2n) is 5.84. The molecule has 114 valence electrons. The molecule has 2 atom stereocenters. The Morgan fingerprint density at radius 3 is 2.43 bits per heavy atom. The van der Waals surface area contributed by atoms with Crippen molar-refractivity contribution in [2.45, 2.75) is 39.3 Å². The summed E-state index contributed by atoms with van der Waals surface area (Å²) in [6.45, 7) is 10.2. The monoisotopic (exact) mass is 287 g/mol. The fourth-order valence-electron chi connectivity index (χ4n) is 2.90. The van der Waals surface area contributed by atoms with Gasteiger partial charge in [-0.1, -0.05) is 13.0 Å². The van der Waals surface area contributed by atoms with Gasteiger partial charge in [-0.05, 0) is 32.4 Å². The predicted molar refractivity (Wildman–Crippen MR) is 85.3 cm³/mol. The second kappa shape index (κ2) is 6.93. The van der Waals surface area contributed by atoms with Crippen molar-refractivity contribution in [2.24, 2.45) is 0 Å². The molecular formula is C17H25N3O. The smallest absolute Gasteiger partial charge is 0.0992 e. The summed E-state index contributed by atoms with van der Waals surface area (Å²) in [7, 11) is 0. The molecule has 1 heterocycles. The van der Waals surface area contributed by atoms with Crippen LogP contribution in [0.3, 0.4) is 0 Å². The van der Waals surface area contributed by atoms with E-state index in [1.165, 1.54) is 6.42 Å². The Balaban J connectivity index is 2.17. The Kier molecular flexibility index (Phi) is 5.22. The van der Waals surface area contributed by atoms with Gasteiger partial charge in [-0.2, -0.15) is 5.26 Å². The molecule has 4 heteroatoms. The summed E-state index contributed by atoms with van der Waals surface area (Å²) in [6.07, 6.45) is 0.656. The lowest BCUT2D eigenvalue weighted by Crippen LogP contribution is -2.49. The zero-order valence-electron chi connectivity index (χ0n) is 13.2. The topological polar surface area (TPSA) is 50.5 Å². The average molecular weight is 287 g/mol. The third kappa shape index (κ3) is 3.55. The van der Waals surface area contributed by atoms with Crippen LogP contribution in [-0.4, -0.2) is 42.2 Å². The highest BCUT2D eigenvalue weighted by Crippen LogP contribution is 2.28. The maximum atomic E-state index is 9.96. The first-order valence-electron chi connectivity index (χ1n) is 7.78. The summed E-state index contributed by atoms with van der Waals surface area (Å²) in [5.41, 5.74) is 2.57. The van der Waals surface area contributed by atoms with Crippen LogP contribution in [0.1, 0.15) is 44.4 Å². The van der Waals surface area contributed by atoms with Crippen LogP contribution in [0.25, 0.3) is 0 Å². The van der Waals surface area contributed by atoms with Crippen LogP contribution in [0.15, 0.2) is 18.2 Å². The predicted octanol–water partition coefficient (Wildman–Crippen LogP) is 2.53. The first-order valence-corrected chi connectivity index (χ1v) is 7.78. The number of rotatable bonds is 4. The minimum Gasteiger partial charge on any atom is -0.389 e. The maximum Gasteiger partial charge on any atom is 0.0992 e. The minimum absolute atomic E-state index is 0.514. The summed E-state index contributed by atoms with van der Waals surface area (Å²) in [5.74, 6) is 0. The van der Waals surface area contributed by atoms with E-state index in [9.17, 15) is 5.11 Å². The van der Waals surface area contributed by atoms with E-state index >= 15 is 0 Å². The van der Waals surface area contributed by atoms with E-state index < -0.39 is 6.10 Å². The standard InChI is InChI=1S/C17H25N3O/c1-4-13(2)19-7-9-20(10-8-19)17-11-15(12-18)5-6-16(17)14(3)21/h5-6,11,13-14,21H,4,7-10H2,1-3H3/t13?,14-/m1/s1. The SMILES string of the molecule is CCC(C)N1CCN(c2cc(C#N)ccc2[C@@H](C)O)CC1. The lowest BCUT2D eigenvalue weighted by molar-refractivity contribution is 0.189. The Bertz CT molecular complexity index is 513. The maximum absolute atomic E-state index is 9.96. The van der Waals surface area contributed by atoms with E-state index in [4.69, 9.17) is 5.26 Å². The van der Waals surface area contributed by atoms with E-state index in [-0.39, 0.29) is 0 Å². The Morgan fingerprint density at radius 2 is 1.90 bits per heavy atom. The number of anilines is 1. The van der Waals surface area contributed by atoms with Crippen molar-refractivity contribution in [3.8, 4) is 6.07 Å². The van der Waals surface area contributed by atoms with E-state index in [0.717, 1.165) is 37.4 Å². The van der Waals surface area contributed by atoms with Crippen LogP contribution < -0.4 is 4.90 Å². The molecule has 1 aromatic rings. The van der Waals surface area contributed by atoms with Gasteiger partial charge >= 0.3 is 0 Å². The van der Waals surface area contributed by atoms with Gasteiger partial charge in [0, 0.05) is 43.5 Å². The first-order chi connectivity index (χ1) is 10.1. The van der Waals surface area contributed by atoms with Crippen molar-refractivity contribution in [2.75, 3.05) is 31.1 Å². The van der Waals surface area contributed by atoms with Gasteiger partial charge in [0.2, 0.25) is 0 Å². The number of nitrogens with zero attached hydrogens (tertiary/aromatic N) is 3. The van der Waals surface area contributed by atoms with Crippen molar-refractivity contribution in [1.82, 2.24) is 4.90 Å². The number of hydrogen-bond acceptors (Lipinski definition) is 4. The molecule has 1 saturated heterocycles. The van der Waals surface area contributed by atoms with Crippen molar-refractivity contribution < 1.29 is 5.11 Å². The number of aliphatic hydroxyl groups is 1. The highest BCUT2D eigenvalue weighted by atomic mass is 16.3. The third-order valence-electron chi connectivity index (χ3n) is 4.48. The Labute approximate surface area is 127 Å². The lowest BCUT2D eigenvalue weighted by Gasteiger charge is -2.39. The number of aliphatic hydroxyl groups excluding tert-OH is 1. The molecular weight excluding hydrogens is 262 g/mol. The summed E-state index contributed by atoms with van der Waals surface area (Å²) in [4.78, 5) is 4.80. The number of hydrogen-bond donors (Lipinski definition) is 1. The molecule has 1 fully saturated rings. The van der Waals surface area contributed by atoms with Gasteiger partial charge in [-0.25, -0.2) is 0 Å². The highest BCUT2D eigenvalue weighted by molar-refractivity contribution is 5.58. The molecule has 0 aliphatic carbocycles.